The van der Waals surface area contributed by atoms with Crippen LogP contribution in [-0.4, -0.2) is 35.8 Å². The van der Waals surface area contributed by atoms with E-state index in [1.807, 2.05) is 11.0 Å². The third kappa shape index (κ3) is 4.09. The first kappa shape index (κ1) is 16.5. The molecule has 0 saturated carbocycles. The SMILES string of the molecule is CCC(c1ccccc1)C1CCCN1C(=O)CCNC(C)=O. The van der Waals surface area contributed by atoms with Crippen LogP contribution in [-0.2, 0) is 9.59 Å². The molecule has 1 aliphatic rings. The number of nitrogens with zero attached hydrogens (tertiary/aromatic N) is 1. The van der Waals surface area contributed by atoms with Gasteiger partial charge in [-0.3, -0.25) is 9.59 Å². The second kappa shape index (κ2) is 7.97. The highest BCUT2D eigenvalue weighted by atomic mass is 16.2. The Morgan fingerprint density at radius 1 is 1.32 bits per heavy atom. The lowest BCUT2D eigenvalue weighted by Gasteiger charge is -2.31. The summed E-state index contributed by atoms with van der Waals surface area (Å²) in [6, 6.07) is 10.8. The Bertz CT molecular complexity index is 501. The first-order chi connectivity index (χ1) is 10.6. The van der Waals surface area contributed by atoms with Crippen LogP contribution in [0.4, 0.5) is 0 Å². The first-order valence-electron chi connectivity index (χ1n) is 8.22. The van der Waals surface area contributed by atoms with Crippen LogP contribution in [0.15, 0.2) is 30.3 Å². The van der Waals surface area contributed by atoms with Crippen LogP contribution in [0.3, 0.4) is 0 Å². The predicted octanol–water partition coefficient (Wildman–Crippen LogP) is 2.70. The summed E-state index contributed by atoms with van der Waals surface area (Å²) in [5.74, 6) is 0.473. The maximum Gasteiger partial charge on any atom is 0.224 e. The molecule has 2 unspecified atom stereocenters. The molecule has 1 heterocycles. The second-order valence-electron chi connectivity index (χ2n) is 5.96. The molecule has 1 aliphatic heterocycles. The number of nitrogens with one attached hydrogen (secondary N) is 1. The van der Waals surface area contributed by atoms with Crippen LogP contribution in [0, 0.1) is 0 Å². The first-order valence-corrected chi connectivity index (χ1v) is 8.22. The minimum absolute atomic E-state index is 0.0820. The molecular weight excluding hydrogens is 276 g/mol. The Labute approximate surface area is 132 Å². The average molecular weight is 302 g/mol. The van der Waals surface area contributed by atoms with Crippen molar-refractivity contribution in [3.05, 3.63) is 35.9 Å². The smallest absolute Gasteiger partial charge is 0.224 e. The van der Waals surface area contributed by atoms with Crippen molar-refractivity contribution in [3.8, 4) is 0 Å². The highest BCUT2D eigenvalue weighted by molar-refractivity contribution is 5.78. The van der Waals surface area contributed by atoms with E-state index >= 15 is 0 Å². The fourth-order valence-corrected chi connectivity index (χ4v) is 3.44. The Hall–Kier alpha value is -1.84. The Kier molecular flexibility index (Phi) is 5.99. The maximum absolute atomic E-state index is 12.5. The predicted molar refractivity (Wildman–Crippen MR) is 87.5 cm³/mol. The molecule has 0 aromatic heterocycles. The largest absolute Gasteiger partial charge is 0.356 e. The monoisotopic (exact) mass is 302 g/mol. The summed E-state index contributed by atoms with van der Waals surface area (Å²) in [5, 5.41) is 2.70. The lowest BCUT2D eigenvalue weighted by molar-refractivity contribution is -0.132. The fraction of sp³-hybridized carbons (Fsp3) is 0.556. The molecule has 0 radical (unpaired) electrons. The van der Waals surface area contributed by atoms with E-state index in [4.69, 9.17) is 0 Å². The van der Waals surface area contributed by atoms with E-state index in [0.29, 0.717) is 18.9 Å². The van der Waals surface area contributed by atoms with Gasteiger partial charge < -0.3 is 10.2 Å². The van der Waals surface area contributed by atoms with Crippen LogP contribution >= 0.6 is 0 Å². The van der Waals surface area contributed by atoms with Crippen LogP contribution in [0.2, 0.25) is 0 Å². The summed E-state index contributed by atoms with van der Waals surface area (Å²) in [5.41, 5.74) is 1.32. The van der Waals surface area contributed by atoms with Gasteiger partial charge in [-0.15, -0.1) is 0 Å². The van der Waals surface area contributed by atoms with Crippen molar-refractivity contribution in [2.75, 3.05) is 13.1 Å². The van der Waals surface area contributed by atoms with Gasteiger partial charge in [-0.1, -0.05) is 37.3 Å². The van der Waals surface area contributed by atoms with Gasteiger partial charge in [0.25, 0.3) is 0 Å². The van der Waals surface area contributed by atoms with E-state index in [2.05, 4.69) is 36.5 Å². The minimum Gasteiger partial charge on any atom is -0.356 e. The van der Waals surface area contributed by atoms with Crippen molar-refractivity contribution in [1.82, 2.24) is 10.2 Å². The molecule has 1 aromatic rings. The van der Waals surface area contributed by atoms with Crippen molar-refractivity contribution in [1.29, 1.82) is 0 Å². The Balaban J connectivity index is 2.02. The molecule has 1 saturated heterocycles. The topological polar surface area (TPSA) is 49.4 Å². The van der Waals surface area contributed by atoms with E-state index in [1.165, 1.54) is 12.5 Å². The molecule has 4 heteroatoms. The lowest BCUT2D eigenvalue weighted by Crippen LogP contribution is -2.40. The number of hydrogen-bond acceptors (Lipinski definition) is 2. The van der Waals surface area contributed by atoms with Crippen LogP contribution < -0.4 is 5.32 Å². The highest BCUT2D eigenvalue weighted by Crippen LogP contribution is 2.33. The Morgan fingerprint density at radius 2 is 2.05 bits per heavy atom. The molecule has 120 valence electrons. The third-order valence-corrected chi connectivity index (χ3v) is 4.46. The summed E-state index contributed by atoms with van der Waals surface area (Å²) in [7, 11) is 0. The zero-order valence-electron chi connectivity index (χ0n) is 13.5. The molecule has 2 amide bonds. The summed E-state index contributed by atoms with van der Waals surface area (Å²) in [6.07, 6.45) is 3.56. The summed E-state index contributed by atoms with van der Waals surface area (Å²) < 4.78 is 0. The normalized spacial score (nSPS) is 19.0. The van der Waals surface area contributed by atoms with Crippen LogP contribution in [0.1, 0.15) is 51.0 Å². The molecule has 1 aromatic carbocycles. The zero-order valence-corrected chi connectivity index (χ0v) is 13.5. The summed E-state index contributed by atoms with van der Waals surface area (Å²) in [4.78, 5) is 25.4. The molecule has 1 fully saturated rings. The van der Waals surface area contributed by atoms with Gasteiger partial charge in [-0.2, -0.15) is 0 Å². The van der Waals surface area contributed by atoms with Gasteiger partial charge in [-0.05, 0) is 24.8 Å². The fourth-order valence-electron chi connectivity index (χ4n) is 3.44. The molecule has 22 heavy (non-hydrogen) atoms. The molecule has 1 N–H and O–H groups in total. The van der Waals surface area contributed by atoms with Crippen molar-refractivity contribution in [2.45, 2.75) is 51.5 Å². The van der Waals surface area contributed by atoms with Gasteiger partial charge in [-0.25, -0.2) is 0 Å². The summed E-state index contributed by atoms with van der Waals surface area (Å²) >= 11 is 0. The van der Waals surface area contributed by atoms with Gasteiger partial charge in [0.1, 0.15) is 0 Å². The molecule has 2 rings (SSSR count). The third-order valence-electron chi connectivity index (χ3n) is 4.46. The number of amides is 2. The van der Waals surface area contributed by atoms with E-state index < -0.39 is 0 Å². The number of carbonyl (C=O) groups excluding carboxylic acids is 2. The van der Waals surface area contributed by atoms with Gasteiger partial charge >= 0.3 is 0 Å². The maximum atomic E-state index is 12.5. The van der Waals surface area contributed by atoms with Crippen LogP contribution in [0.25, 0.3) is 0 Å². The quantitative estimate of drug-likeness (QED) is 0.878. The number of likely N-dealkylation sites (tertiary alicyclic amines) is 1. The Morgan fingerprint density at radius 3 is 2.68 bits per heavy atom. The average Bonchev–Trinajstić information content (AvgIpc) is 2.98. The number of rotatable bonds is 6. The second-order valence-corrected chi connectivity index (χ2v) is 5.96. The minimum atomic E-state index is -0.0820. The van der Waals surface area contributed by atoms with Crippen LogP contribution in [0.5, 0.6) is 0 Å². The summed E-state index contributed by atoms with van der Waals surface area (Å²) in [6.45, 7) is 4.94. The standard InChI is InChI=1S/C18H26N2O2/c1-3-16(15-8-5-4-6-9-15)17-10-7-13-20(17)18(22)11-12-19-14(2)21/h4-6,8-9,16-17H,3,7,10-13H2,1-2H3,(H,19,21). The highest BCUT2D eigenvalue weighted by Gasteiger charge is 2.34. The zero-order chi connectivity index (χ0) is 15.9. The van der Waals surface area contributed by atoms with Crippen molar-refractivity contribution in [3.63, 3.8) is 0 Å². The van der Waals surface area contributed by atoms with E-state index in [1.54, 1.807) is 0 Å². The van der Waals surface area contributed by atoms with E-state index in [-0.39, 0.29) is 17.9 Å². The van der Waals surface area contributed by atoms with Gasteiger partial charge in [0.15, 0.2) is 0 Å². The van der Waals surface area contributed by atoms with Gasteiger partial charge in [0.05, 0.1) is 0 Å². The molecule has 0 aliphatic carbocycles. The number of benzene rings is 1. The van der Waals surface area contributed by atoms with Crippen molar-refractivity contribution >= 4 is 11.8 Å². The molecule has 0 spiro atoms. The van der Waals surface area contributed by atoms with Crippen molar-refractivity contribution in [2.24, 2.45) is 0 Å². The lowest BCUT2D eigenvalue weighted by atomic mass is 9.87. The molecule has 4 nitrogen and oxygen atoms in total. The van der Waals surface area contributed by atoms with Gasteiger partial charge in [0.2, 0.25) is 11.8 Å². The van der Waals surface area contributed by atoms with Gasteiger partial charge in [0, 0.05) is 38.4 Å². The van der Waals surface area contributed by atoms with E-state index in [0.717, 1.165) is 25.8 Å². The number of carbonyl (C=O) groups is 2. The number of hydrogen-bond donors (Lipinski definition) is 1. The van der Waals surface area contributed by atoms with E-state index in [9.17, 15) is 9.59 Å². The van der Waals surface area contributed by atoms with Crippen molar-refractivity contribution < 1.29 is 9.59 Å². The molecule has 2 atom stereocenters. The molecular formula is C18H26N2O2. The molecule has 0 bridgehead atoms.